The van der Waals surface area contributed by atoms with E-state index in [1.807, 2.05) is 7.05 Å². The van der Waals surface area contributed by atoms with Gasteiger partial charge in [-0.05, 0) is 25.3 Å². The van der Waals surface area contributed by atoms with Crippen LogP contribution in [0.5, 0.6) is 0 Å². The summed E-state index contributed by atoms with van der Waals surface area (Å²) in [7, 11) is 1.88. The Morgan fingerprint density at radius 2 is 1.93 bits per heavy atom. The van der Waals surface area contributed by atoms with Crippen LogP contribution in [0.15, 0.2) is 47.8 Å². The molecule has 0 bridgehead atoms. The largest absolute Gasteiger partial charge is 0.368 e. The van der Waals surface area contributed by atoms with Crippen molar-refractivity contribution in [1.82, 2.24) is 30.4 Å². The summed E-state index contributed by atoms with van der Waals surface area (Å²) in [5.41, 5.74) is 2.43. The van der Waals surface area contributed by atoms with Crippen molar-refractivity contribution >= 4 is 46.8 Å². The summed E-state index contributed by atoms with van der Waals surface area (Å²) in [5, 5.41) is 15.3. The zero-order valence-electron chi connectivity index (χ0n) is 17.4. The molecule has 0 spiro atoms. The Labute approximate surface area is 194 Å². The van der Waals surface area contributed by atoms with E-state index in [1.54, 1.807) is 17.2 Å². The molecule has 4 rings (SSSR count). The molecular weight excluding hydrogens is 491 g/mol. The molecule has 1 aromatic carbocycles. The van der Waals surface area contributed by atoms with Crippen molar-refractivity contribution in [3.8, 4) is 0 Å². The fourth-order valence-electron chi connectivity index (χ4n) is 3.52. The molecule has 0 unspecified atom stereocenters. The number of anilines is 1. The van der Waals surface area contributed by atoms with Crippen molar-refractivity contribution in [1.29, 1.82) is 0 Å². The van der Waals surface area contributed by atoms with E-state index in [0.717, 1.165) is 49.0 Å². The second kappa shape index (κ2) is 10.1. The topological polar surface area (TPSA) is 92.1 Å². The lowest BCUT2D eigenvalue weighted by molar-refractivity contribution is 0.693. The first-order chi connectivity index (χ1) is 14.2. The first-order valence-electron chi connectivity index (χ1n) is 10.2. The third-order valence-electron chi connectivity index (χ3n) is 5.36. The smallest absolute Gasteiger partial charge is 0.191 e. The zero-order valence-corrected chi connectivity index (χ0v) is 19.8. The number of hydrogen-bond acceptors (Lipinski definition) is 5. The number of rotatable bonds is 8. The van der Waals surface area contributed by atoms with Crippen LogP contribution in [-0.4, -0.2) is 51.9 Å². The van der Waals surface area contributed by atoms with E-state index in [9.17, 15) is 0 Å². The Morgan fingerprint density at radius 3 is 2.67 bits per heavy atom. The Balaban J connectivity index is 0.00000256. The highest BCUT2D eigenvalue weighted by Gasteiger charge is 2.43. The normalized spacial score (nSPS) is 14.8. The number of guanidine groups is 1. The molecule has 3 N–H and O–H groups in total. The molecule has 2 heterocycles. The minimum Gasteiger partial charge on any atom is -0.368 e. The van der Waals surface area contributed by atoms with Crippen molar-refractivity contribution in [2.24, 2.45) is 12.0 Å². The van der Waals surface area contributed by atoms with E-state index in [-0.39, 0.29) is 29.4 Å². The summed E-state index contributed by atoms with van der Waals surface area (Å²) in [6.07, 6.45) is 5.76. The van der Waals surface area contributed by atoms with Gasteiger partial charge in [0.1, 0.15) is 12.1 Å². The van der Waals surface area contributed by atoms with Gasteiger partial charge in [0.15, 0.2) is 11.6 Å². The lowest BCUT2D eigenvalue weighted by atomic mass is 9.96. The van der Waals surface area contributed by atoms with Crippen LogP contribution in [-0.2, 0) is 12.5 Å². The number of aromatic nitrogens is 4. The second-order valence-corrected chi connectivity index (χ2v) is 7.42. The van der Waals surface area contributed by atoms with Gasteiger partial charge in [0.2, 0.25) is 0 Å². The average Bonchev–Trinajstić information content (AvgIpc) is 3.46. The van der Waals surface area contributed by atoms with Crippen molar-refractivity contribution in [3.63, 3.8) is 0 Å². The van der Waals surface area contributed by atoms with Gasteiger partial charge in [-0.25, -0.2) is 9.97 Å². The first-order valence-corrected chi connectivity index (χ1v) is 10.2. The highest BCUT2D eigenvalue weighted by Crippen LogP contribution is 2.48. The summed E-state index contributed by atoms with van der Waals surface area (Å²) in [5.74, 6) is 1.65. The van der Waals surface area contributed by atoms with Gasteiger partial charge in [-0.1, -0.05) is 30.3 Å². The molecule has 0 aliphatic heterocycles. The summed E-state index contributed by atoms with van der Waals surface area (Å²) < 4.78 is 1.75. The SMILES string of the molecule is CCNC(=NCC1(c2ccccc2)CC1)NCCNc1ncnc2c1cnn2C.I. The fourth-order valence-corrected chi connectivity index (χ4v) is 3.52. The maximum absolute atomic E-state index is 4.85. The van der Waals surface area contributed by atoms with Gasteiger partial charge < -0.3 is 16.0 Å². The van der Waals surface area contributed by atoms with Gasteiger partial charge in [-0.2, -0.15) is 5.10 Å². The lowest BCUT2D eigenvalue weighted by Gasteiger charge is -2.16. The summed E-state index contributed by atoms with van der Waals surface area (Å²) >= 11 is 0. The highest BCUT2D eigenvalue weighted by molar-refractivity contribution is 14.0. The molecule has 30 heavy (non-hydrogen) atoms. The molecule has 0 radical (unpaired) electrons. The first kappa shape index (κ1) is 22.3. The van der Waals surface area contributed by atoms with Gasteiger partial charge in [-0.3, -0.25) is 9.67 Å². The maximum atomic E-state index is 4.85. The van der Waals surface area contributed by atoms with Gasteiger partial charge in [-0.15, -0.1) is 24.0 Å². The van der Waals surface area contributed by atoms with E-state index >= 15 is 0 Å². The molecule has 1 saturated carbocycles. The number of aliphatic imine (C=N–C) groups is 1. The van der Waals surface area contributed by atoms with E-state index in [1.165, 1.54) is 18.4 Å². The molecule has 0 saturated heterocycles. The quantitative estimate of drug-likeness (QED) is 0.183. The van der Waals surface area contributed by atoms with Crippen LogP contribution in [0.25, 0.3) is 11.0 Å². The number of halogens is 1. The van der Waals surface area contributed by atoms with Gasteiger partial charge in [0.25, 0.3) is 0 Å². The van der Waals surface area contributed by atoms with Gasteiger partial charge in [0.05, 0.1) is 18.1 Å². The molecule has 1 aliphatic rings. The molecule has 2 aromatic heterocycles. The van der Waals surface area contributed by atoms with Crippen molar-refractivity contribution in [3.05, 3.63) is 48.4 Å². The number of nitrogens with one attached hydrogen (secondary N) is 3. The Hall–Kier alpha value is -2.43. The summed E-state index contributed by atoms with van der Waals surface area (Å²) in [6, 6.07) is 10.7. The molecule has 9 heteroatoms. The van der Waals surface area contributed by atoms with Crippen molar-refractivity contribution < 1.29 is 0 Å². The summed E-state index contributed by atoms with van der Waals surface area (Å²) in [4.78, 5) is 13.4. The van der Waals surface area contributed by atoms with Crippen LogP contribution in [0, 0.1) is 0 Å². The third kappa shape index (κ3) is 5.00. The van der Waals surface area contributed by atoms with Crippen LogP contribution in [0.1, 0.15) is 25.3 Å². The Kier molecular flexibility index (Phi) is 7.46. The molecular formula is C21H29IN8. The van der Waals surface area contributed by atoms with Crippen LogP contribution in [0.2, 0.25) is 0 Å². The fraction of sp³-hybridized carbons (Fsp3) is 0.429. The number of aryl methyl sites for hydroxylation is 1. The standard InChI is InChI=1S/C21H28N8.HI/c1-3-22-20(25-14-21(9-10-21)16-7-5-4-6-8-16)24-12-11-23-18-17-13-28-29(2)19(17)27-15-26-18;/h4-8,13,15H,3,9-12,14H2,1-2H3,(H2,22,24,25)(H,23,26,27);1H. The number of nitrogens with zero attached hydrogens (tertiary/aromatic N) is 5. The van der Waals surface area contributed by atoms with Gasteiger partial charge in [0, 0.05) is 32.1 Å². The molecule has 0 amide bonds. The van der Waals surface area contributed by atoms with Crippen molar-refractivity contribution in [2.75, 3.05) is 31.5 Å². The Bertz CT molecular complexity index is 981. The third-order valence-corrected chi connectivity index (χ3v) is 5.36. The molecule has 160 valence electrons. The maximum Gasteiger partial charge on any atom is 0.191 e. The zero-order chi connectivity index (χ0) is 20.1. The predicted octanol–water partition coefficient (Wildman–Crippen LogP) is 2.68. The average molecular weight is 520 g/mol. The molecule has 8 nitrogen and oxygen atoms in total. The van der Waals surface area contributed by atoms with E-state index in [0.29, 0.717) is 0 Å². The van der Waals surface area contributed by atoms with Crippen LogP contribution < -0.4 is 16.0 Å². The molecule has 3 aromatic rings. The minimum atomic E-state index is 0. The number of benzene rings is 1. The monoisotopic (exact) mass is 520 g/mol. The molecule has 1 aliphatic carbocycles. The van der Waals surface area contributed by atoms with Crippen LogP contribution in [0.3, 0.4) is 0 Å². The Morgan fingerprint density at radius 1 is 1.13 bits per heavy atom. The number of hydrogen-bond donors (Lipinski definition) is 3. The highest BCUT2D eigenvalue weighted by atomic mass is 127. The molecule has 1 fully saturated rings. The van der Waals surface area contributed by atoms with Crippen LogP contribution >= 0.6 is 24.0 Å². The van der Waals surface area contributed by atoms with E-state index < -0.39 is 0 Å². The minimum absolute atomic E-state index is 0. The lowest BCUT2D eigenvalue weighted by Crippen LogP contribution is -2.40. The summed E-state index contributed by atoms with van der Waals surface area (Å²) in [6.45, 7) is 5.17. The second-order valence-electron chi connectivity index (χ2n) is 7.42. The number of fused-ring (bicyclic) bond motifs is 1. The van der Waals surface area contributed by atoms with E-state index in [4.69, 9.17) is 4.99 Å². The predicted molar refractivity (Wildman–Crippen MR) is 132 cm³/mol. The molecule has 0 atom stereocenters. The van der Waals surface area contributed by atoms with Gasteiger partial charge >= 0.3 is 0 Å². The van der Waals surface area contributed by atoms with Crippen molar-refractivity contribution in [2.45, 2.75) is 25.2 Å². The van der Waals surface area contributed by atoms with Crippen LogP contribution in [0.4, 0.5) is 5.82 Å². The van der Waals surface area contributed by atoms with E-state index in [2.05, 4.69) is 68.3 Å².